The lowest BCUT2D eigenvalue weighted by atomic mass is 10.0. The summed E-state index contributed by atoms with van der Waals surface area (Å²) in [7, 11) is 0. The maximum atomic E-state index is 11.0. The molecule has 1 amide bonds. The summed E-state index contributed by atoms with van der Waals surface area (Å²) in [4.78, 5) is 21.2. The molecular weight excluding hydrogens is 224 g/mol. The Morgan fingerprint density at radius 3 is 2.94 bits per heavy atom. The fraction of sp³-hybridized carbons (Fsp3) is 0.182. The van der Waals surface area contributed by atoms with Crippen LogP contribution in [0.3, 0.4) is 0 Å². The Labute approximate surface area is 97.0 Å². The number of nitrogens with zero attached hydrogens (tertiary/aromatic N) is 1. The second kappa shape index (κ2) is 4.25. The number of rotatable bonds is 2. The third kappa shape index (κ3) is 2.25. The van der Waals surface area contributed by atoms with Crippen LogP contribution in [0.5, 0.6) is 5.75 Å². The van der Waals surface area contributed by atoms with Gasteiger partial charge in [-0.05, 0) is 12.1 Å². The predicted molar refractivity (Wildman–Crippen MR) is 59.4 cm³/mol. The number of non-ortho nitro benzene ring substituents is 1. The average Bonchev–Trinajstić information content (AvgIpc) is 2.28. The molecule has 0 spiro atoms. The van der Waals surface area contributed by atoms with Crippen molar-refractivity contribution >= 4 is 11.6 Å². The highest BCUT2D eigenvalue weighted by molar-refractivity contribution is 5.74. The summed E-state index contributed by atoms with van der Waals surface area (Å²) >= 11 is 0. The number of ether oxygens (including phenoxy) is 1. The second-order valence-electron chi connectivity index (χ2n) is 3.60. The van der Waals surface area contributed by atoms with Crippen LogP contribution in [0.4, 0.5) is 5.69 Å². The van der Waals surface area contributed by atoms with Gasteiger partial charge in [-0.15, -0.1) is 0 Å². The third-order valence-corrected chi connectivity index (χ3v) is 2.36. The number of fused-ring (bicyclic) bond motifs is 1. The summed E-state index contributed by atoms with van der Waals surface area (Å²) in [5.74, 6) is 0.302. The molecule has 17 heavy (non-hydrogen) atoms. The first-order valence-electron chi connectivity index (χ1n) is 4.96. The van der Waals surface area contributed by atoms with Crippen molar-refractivity contribution in [3.8, 4) is 5.75 Å². The minimum Gasteiger partial charge on any atom is -0.465 e. The van der Waals surface area contributed by atoms with E-state index in [0.717, 1.165) is 0 Å². The molecule has 88 valence electrons. The first-order chi connectivity index (χ1) is 8.08. The van der Waals surface area contributed by atoms with E-state index in [1.54, 1.807) is 6.08 Å². The highest BCUT2D eigenvalue weighted by atomic mass is 16.6. The first kappa shape index (κ1) is 11.1. The molecule has 0 saturated carbocycles. The number of hydrogen-bond acceptors (Lipinski definition) is 4. The van der Waals surface area contributed by atoms with Crippen LogP contribution in [0.25, 0.3) is 0 Å². The second-order valence-corrected chi connectivity index (χ2v) is 3.60. The Hall–Kier alpha value is -2.37. The lowest BCUT2D eigenvalue weighted by molar-refractivity contribution is -0.385. The van der Waals surface area contributed by atoms with Gasteiger partial charge in [-0.2, -0.15) is 0 Å². The number of nitro groups is 1. The summed E-state index contributed by atoms with van der Waals surface area (Å²) in [6, 6.07) is 3.89. The summed E-state index contributed by atoms with van der Waals surface area (Å²) in [6.07, 6.45) is 3.09. The summed E-state index contributed by atoms with van der Waals surface area (Å²) in [6.45, 7) is 1.39. The Balaban J connectivity index is 2.40. The van der Waals surface area contributed by atoms with Crippen molar-refractivity contribution in [3.05, 3.63) is 46.2 Å². The lowest BCUT2D eigenvalue weighted by Gasteiger charge is -2.20. The lowest BCUT2D eigenvalue weighted by Crippen LogP contribution is -2.26. The van der Waals surface area contributed by atoms with E-state index in [0.29, 0.717) is 11.3 Å². The predicted octanol–water partition coefficient (Wildman–Crippen LogP) is 1.68. The van der Waals surface area contributed by atoms with Crippen LogP contribution < -0.4 is 10.1 Å². The fourth-order valence-corrected chi connectivity index (χ4v) is 1.64. The molecule has 2 rings (SSSR count). The molecule has 1 heterocycles. The van der Waals surface area contributed by atoms with Crippen LogP contribution in [0, 0.1) is 10.1 Å². The summed E-state index contributed by atoms with van der Waals surface area (Å²) in [5.41, 5.74) is 0.551. The van der Waals surface area contributed by atoms with Crippen molar-refractivity contribution in [1.82, 2.24) is 5.32 Å². The third-order valence-electron chi connectivity index (χ3n) is 2.36. The molecule has 1 N–H and O–H groups in total. The van der Waals surface area contributed by atoms with Gasteiger partial charge in [0.25, 0.3) is 5.69 Å². The standard InChI is InChI=1S/C11H10N2O4/c1-7(14)12-10-4-5-17-11-3-2-8(13(15)16)6-9(10)11/h2-6,10H,1H3,(H,12,14). The maximum absolute atomic E-state index is 11.0. The Bertz CT molecular complexity index is 510. The smallest absolute Gasteiger partial charge is 0.270 e. The number of benzene rings is 1. The van der Waals surface area contributed by atoms with Gasteiger partial charge in [-0.3, -0.25) is 14.9 Å². The summed E-state index contributed by atoms with van der Waals surface area (Å²) in [5, 5.41) is 13.4. The van der Waals surface area contributed by atoms with Crippen molar-refractivity contribution < 1.29 is 14.5 Å². The molecule has 0 aromatic heterocycles. The average molecular weight is 234 g/mol. The molecule has 1 unspecified atom stereocenters. The van der Waals surface area contributed by atoms with Crippen molar-refractivity contribution in [1.29, 1.82) is 0 Å². The van der Waals surface area contributed by atoms with E-state index in [1.165, 1.54) is 31.4 Å². The normalized spacial score (nSPS) is 16.9. The molecule has 0 bridgehead atoms. The molecule has 1 aromatic rings. The zero-order valence-corrected chi connectivity index (χ0v) is 9.04. The Morgan fingerprint density at radius 1 is 1.53 bits per heavy atom. The minimum absolute atomic E-state index is 0.0296. The van der Waals surface area contributed by atoms with Crippen LogP contribution >= 0.6 is 0 Å². The molecule has 1 aromatic carbocycles. The molecule has 1 aliphatic heterocycles. The first-order valence-corrected chi connectivity index (χ1v) is 4.96. The number of amides is 1. The van der Waals surface area contributed by atoms with E-state index in [4.69, 9.17) is 4.74 Å². The van der Waals surface area contributed by atoms with Crippen LogP contribution in [0.15, 0.2) is 30.5 Å². The molecule has 0 fully saturated rings. The zero-order valence-electron chi connectivity index (χ0n) is 9.04. The van der Waals surface area contributed by atoms with Crippen LogP contribution in [0.1, 0.15) is 18.5 Å². The van der Waals surface area contributed by atoms with Crippen LogP contribution in [0.2, 0.25) is 0 Å². The quantitative estimate of drug-likeness (QED) is 0.623. The van der Waals surface area contributed by atoms with Gasteiger partial charge in [-0.1, -0.05) is 0 Å². The number of carbonyl (C=O) groups excluding carboxylic acids is 1. The van der Waals surface area contributed by atoms with Gasteiger partial charge in [0.15, 0.2) is 0 Å². The summed E-state index contributed by atoms with van der Waals surface area (Å²) < 4.78 is 5.22. The Morgan fingerprint density at radius 2 is 2.29 bits per heavy atom. The topological polar surface area (TPSA) is 81.5 Å². The van der Waals surface area contributed by atoms with E-state index in [1.807, 2.05) is 0 Å². The minimum atomic E-state index is -0.483. The van der Waals surface area contributed by atoms with Gasteiger partial charge in [0.2, 0.25) is 5.91 Å². The molecule has 6 nitrogen and oxygen atoms in total. The SMILES string of the molecule is CC(=O)NC1C=COc2ccc([N+](=O)[O-])cc21. The Kier molecular flexibility index (Phi) is 2.78. The molecular formula is C11H10N2O4. The van der Waals surface area contributed by atoms with Crippen molar-refractivity contribution in [2.45, 2.75) is 13.0 Å². The fourth-order valence-electron chi connectivity index (χ4n) is 1.64. The van der Waals surface area contributed by atoms with E-state index in [2.05, 4.69) is 5.32 Å². The van der Waals surface area contributed by atoms with E-state index >= 15 is 0 Å². The monoisotopic (exact) mass is 234 g/mol. The van der Waals surface area contributed by atoms with Gasteiger partial charge in [-0.25, -0.2) is 0 Å². The number of hydrogen-bond donors (Lipinski definition) is 1. The molecule has 6 heteroatoms. The highest BCUT2D eigenvalue weighted by Gasteiger charge is 2.21. The molecule has 0 aliphatic carbocycles. The largest absolute Gasteiger partial charge is 0.465 e. The maximum Gasteiger partial charge on any atom is 0.270 e. The van der Waals surface area contributed by atoms with E-state index in [9.17, 15) is 14.9 Å². The van der Waals surface area contributed by atoms with Gasteiger partial charge >= 0.3 is 0 Å². The molecule has 0 saturated heterocycles. The van der Waals surface area contributed by atoms with Gasteiger partial charge in [0.1, 0.15) is 5.75 Å². The highest BCUT2D eigenvalue weighted by Crippen LogP contribution is 2.33. The van der Waals surface area contributed by atoms with Crippen molar-refractivity contribution in [2.24, 2.45) is 0 Å². The zero-order chi connectivity index (χ0) is 12.4. The van der Waals surface area contributed by atoms with Crippen molar-refractivity contribution in [3.63, 3.8) is 0 Å². The van der Waals surface area contributed by atoms with Crippen LogP contribution in [-0.4, -0.2) is 10.8 Å². The van der Waals surface area contributed by atoms with E-state index < -0.39 is 11.0 Å². The molecule has 1 aliphatic rings. The number of nitro benzene ring substituents is 1. The van der Waals surface area contributed by atoms with Gasteiger partial charge in [0.05, 0.1) is 17.2 Å². The number of nitrogens with one attached hydrogen (secondary N) is 1. The van der Waals surface area contributed by atoms with Gasteiger partial charge in [0, 0.05) is 24.6 Å². The molecule has 0 radical (unpaired) electrons. The van der Waals surface area contributed by atoms with Gasteiger partial charge < -0.3 is 10.1 Å². The number of carbonyl (C=O) groups is 1. The molecule has 1 atom stereocenters. The van der Waals surface area contributed by atoms with Crippen LogP contribution in [-0.2, 0) is 4.79 Å². The van der Waals surface area contributed by atoms with E-state index in [-0.39, 0.29) is 11.6 Å². The van der Waals surface area contributed by atoms with Crippen molar-refractivity contribution in [2.75, 3.05) is 0 Å².